The Balaban J connectivity index is 2.37. The Morgan fingerprint density at radius 3 is 2.82 bits per heavy atom. The van der Waals surface area contributed by atoms with Crippen molar-refractivity contribution in [1.29, 1.82) is 0 Å². The Hall–Kier alpha value is -1.20. The molecule has 5 nitrogen and oxygen atoms in total. The van der Waals surface area contributed by atoms with E-state index in [-0.39, 0.29) is 0 Å². The molecule has 0 radical (unpaired) electrons. The molecule has 0 unspecified atom stereocenters. The fraction of sp³-hybridized carbons (Fsp3) is 0.667. The highest BCUT2D eigenvalue weighted by Gasteiger charge is 2.00. The zero-order valence-electron chi connectivity index (χ0n) is 10.8. The van der Waals surface area contributed by atoms with Crippen LogP contribution in [0, 0.1) is 0 Å². The Morgan fingerprint density at radius 1 is 1.29 bits per heavy atom. The highest BCUT2D eigenvalue weighted by Crippen LogP contribution is 2.05. The summed E-state index contributed by atoms with van der Waals surface area (Å²) in [4.78, 5) is 8.43. The van der Waals surface area contributed by atoms with E-state index in [0.717, 1.165) is 5.69 Å². The van der Waals surface area contributed by atoms with Gasteiger partial charge in [-0.1, -0.05) is 13.8 Å². The van der Waals surface area contributed by atoms with Gasteiger partial charge in [0.2, 0.25) is 5.88 Å². The molecular weight excluding hydrogens is 218 g/mol. The number of nitrogens with zero attached hydrogens (tertiary/aromatic N) is 2. The minimum atomic E-state index is 0.430. The number of aromatic nitrogens is 2. The highest BCUT2D eigenvalue weighted by molar-refractivity contribution is 5.08. The first kappa shape index (κ1) is 13.9. The van der Waals surface area contributed by atoms with Crippen LogP contribution in [0.15, 0.2) is 12.4 Å². The second-order valence-corrected chi connectivity index (χ2v) is 3.93. The molecule has 1 aromatic rings. The molecular formula is C12H21N3O2. The van der Waals surface area contributed by atoms with Gasteiger partial charge in [0.1, 0.15) is 6.61 Å². The summed E-state index contributed by atoms with van der Waals surface area (Å²) in [5.74, 6) is 0.549. The van der Waals surface area contributed by atoms with Crippen molar-refractivity contribution in [3.8, 4) is 5.88 Å². The van der Waals surface area contributed by atoms with Crippen LogP contribution in [0.3, 0.4) is 0 Å². The topological polar surface area (TPSA) is 56.3 Å². The van der Waals surface area contributed by atoms with Gasteiger partial charge < -0.3 is 14.8 Å². The molecule has 0 saturated heterocycles. The molecule has 5 heteroatoms. The third kappa shape index (κ3) is 6.19. The molecule has 0 aliphatic rings. The minimum absolute atomic E-state index is 0.430. The largest absolute Gasteiger partial charge is 0.474 e. The zero-order valence-corrected chi connectivity index (χ0v) is 10.8. The third-order valence-corrected chi connectivity index (χ3v) is 2.04. The van der Waals surface area contributed by atoms with E-state index in [1.165, 1.54) is 0 Å². The van der Waals surface area contributed by atoms with Gasteiger partial charge in [-0.3, -0.25) is 4.98 Å². The first-order valence-electron chi connectivity index (χ1n) is 5.97. The van der Waals surface area contributed by atoms with Gasteiger partial charge in [-0.25, -0.2) is 4.98 Å². The van der Waals surface area contributed by atoms with Crippen LogP contribution in [0.4, 0.5) is 0 Å². The van der Waals surface area contributed by atoms with Crippen LogP contribution in [0.1, 0.15) is 26.5 Å². The summed E-state index contributed by atoms with van der Waals surface area (Å²) in [5.41, 5.74) is 0.882. The average Bonchev–Trinajstić information content (AvgIpc) is 2.33. The van der Waals surface area contributed by atoms with Gasteiger partial charge in [0, 0.05) is 25.4 Å². The smallest absolute Gasteiger partial charge is 0.232 e. The predicted octanol–water partition coefficient (Wildman–Crippen LogP) is 1.39. The van der Waals surface area contributed by atoms with E-state index < -0.39 is 0 Å². The number of nitrogens with one attached hydrogen (secondary N) is 1. The van der Waals surface area contributed by atoms with Crippen LogP contribution in [0.2, 0.25) is 0 Å². The molecule has 17 heavy (non-hydrogen) atoms. The lowest BCUT2D eigenvalue weighted by molar-refractivity contribution is 0.108. The number of hydrogen-bond acceptors (Lipinski definition) is 5. The van der Waals surface area contributed by atoms with Crippen molar-refractivity contribution in [2.75, 3.05) is 19.8 Å². The van der Waals surface area contributed by atoms with E-state index in [9.17, 15) is 0 Å². The second kappa shape index (κ2) is 7.97. The molecule has 96 valence electrons. The molecule has 0 bridgehead atoms. The SMILES string of the molecule is CCOCCOc1cncc(CNC(C)C)n1. The highest BCUT2D eigenvalue weighted by atomic mass is 16.5. The maximum Gasteiger partial charge on any atom is 0.232 e. The Bertz CT molecular complexity index is 318. The predicted molar refractivity (Wildman–Crippen MR) is 66.0 cm³/mol. The van der Waals surface area contributed by atoms with Crippen molar-refractivity contribution in [1.82, 2.24) is 15.3 Å². The van der Waals surface area contributed by atoms with Crippen LogP contribution in [0.5, 0.6) is 5.88 Å². The molecule has 1 aromatic heterocycles. The number of rotatable bonds is 8. The van der Waals surface area contributed by atoms with E-state index in [1.807, 2.05) is 6.92 Å². The maximum atomic E-state index is 5.43. The lowest BCUT2D eigenvalue weighted by Crippen LogP contribution is -2.22. The zero-order chi connectivity index (χ0) is 12.5. The van der Waals surface area contributed by atoms with E-state index in [4.69, 9.17) is 9.47 Å². The molecule has 1 rings (SSSR count). The molecule has 0 atom stereocenters. The van der Waals surface area contributed by atoms with Crippen LogP contribution in [-0.4, -0.2) is 35.8 Å². The van der Waals surface area contributed by atoms with Crippen molar-refractivity contribution in [2.45, 2.75) is 33.4 Å². The third-order valence-electron chi connectivity index (χ3n) is 2.04. The van der Waals surface area contributed by atoms with Crippen molar-refractivity contribution >= 4 is 0 Å². The molecule has 1 N–H and O–H groups in total. The standard InChI is InChI=1S/C12H21N3O2/c1-4-16-5-6-17-12-9-13-7-11(15-12)8-14-10(2)3/h7,9-10,14H,4-6,8H2,1-3H3. The molecule has 0 aliphatic carbocycles. The normalized spacial score (nSPS) is 10.8. The summed E-state index contributed by atoms with van der Waals surface area (Å²) in [6, 6.07) is 0.430. The van der Waals surface area contributed by atoms with Gasteiger partial charge in [0.05, 0.1) is 18.5 Å². The van der Waals surface area contributed by atoms with Crippen LogP contribution in [0.25, 0.3) is 0 Å². The fourth-order valence-electron chi connectivity index (χ4n) is 1.20. The first-order valence-corrected chi connectivity index (χ1v) is 5.97. The van der Waals surface area contributed by atoms with E-state index in [0.29, 0.717) is 38.3 Å². The molecule has 0 amide bonds. The van der Waals surface area contributed by atoms with Crippen molar-refractivity contribution in [3.63, 3.8) is 0 Å². The summed E-state index contributed by atoms with van der Waals surface area (Å²) in [6.07, 6.45) is 3.36. The summed E-state index contributed by atoms with van der Waals surface area (Å²) < 4.78 is 10.6. The number of ether oxygens (including phenoxy) is 2. The quantitative estimate of drug-likeness (QED) is 0.695. The monoisotopic (exact) mass is 239 g/mol. The van der Waals surface area contributed by atoms with Gasteiger partial charge in [-0.15, -0.1) is 0 Å². The molecule has 0 aromatic carbocycles. The molecule has 0 fully saturated rings. The van der Waals surface area contributed by atoms with Crippen LogP contribution < -0.4 is 10.1 Å². The minimum Gasteiger partial charge on any atom is -0.474 e. The van der Waals surface area contributed by atoms with E-state index >= 15 is 0 Å². The van der Waals surface area contributed by atoms with Crippen LogP contribution >= 0.6 is 0 Å². The van der Waals surface area contributed by atoms with Crippen LogP contribution in [-0.2, 0) is 11.3 Å². The van der Waals surface area contributed by atoms with Gasteiger partial charge in [0.25, 0.3) is 0 Å². The second-order valence-electron chi connectivity index (χ2n) is 3.93. The Labute approximate surface area is 103 Å². The van der Waals surface area contributed by atoms with E-state index in [2.05, 4.69) is 29.1 Å². The lowest BCUT2D eigenvalue weighted by atomic mass is 10.3. The summed E-state index contributed by atoms with van der Waals surface area (Å²) in [7, 11) is 0. The first-order chi connectivity index (χ1) is 8.22. The van der Waals surface area contributed by atoms with E-state index in [1.54, 1.807) is 12.4 Å². The molecule has 1 heterocycles. The summed E-state index contributed by atoms with van der Waals surface area (Å²) >= 11 is 0. The van der Waals surface area contributed by atoms with Crippen molar-refractivity contribution < 1.29 is 9.47 Å². The van der Waals surface area contributed by atoms with Gasteiger partial charge in [-0.2, -0.15) is 0 Å². The average molecular weight is 239 g/mol. The van der Waals surface area contributed by atoms with Gasteiger partial charge in [-0.05, 0) is 6.92 Å². The summed E-state index contributed by atoms with van der Waals surface area (Å²) in [6.45, 7) is 8.63. The van der Waals surface area contributed by atoms with Crippen molar-refractivity contribution in [3.05, 3.63) is 18.1 Å². The number of hydrogen-bond donors (Lipinski definition) is 1. The maximum absolute atomic E-state index is 5.43. The molecule has 0 spiro atoms. The summed E-state index contributed by atoms with van der Waals surface area (Å²) in [5, 5.41) is 3.28. The van der Waals surface area contributed by atoms with Gasteiger partial charge in [0.15, 0.2) is 0 Å². The molecule has 0 aliphatic heterocycles. The van der Waals surface area contributed by atoms with Gasteiger partial charge >= 0.3 is 0 Å². The lowest BCUT2D eigenvalue weighted by Gasteiger charge is -2.09. The molecule has 0 saturated carbocycles. The fourth-order valence-corrected chi connectivity index (χ4v) is 1.20. The van der Waals surface area contributed by atoms with Crippen molar-refractivity contribution in [2.24, 2.45) is 0 Å². The Morgan fingerprint density at radius 2 is 2.12 bits per heavy atom. The Kier molecular flexibility index (Phi) is 6.50.